The van der Waals surface area contributed by atoms with E-state index in [0.29, 0.717) is 53.5 Å². The number of aromatic nitrogens is 5. The highest BCUT2D eigenvalue weighted by Gasteiger charge is 2.16. The molecule has 1 amide bonds. The normalized spacial score (nSPS) is 11.3. The smallest absolute Gasteiger partial charge is 0.269 e. The first-order chi connectivity index (χ1) is 17.5. The number of rotatable bonds is 8. The van der Waals surface area contributed by atoms with Crippen LogP contribution in [0.3, 0.4) is 0 Å². The fraction of sp³-hybridized carbons (Fsp3) is 0.222. The third-order valence-electron chi connectivity index (χ3n) is 5.99. The zero-order chi connectivity index (χ0) is 25.1. The number of carbonyl (C=O) groups excluding carboxylic acids is 1. The molecule has 0 saturated carbocycles. The van der Waals surface area contributed by atoms with Gasteiger partial charge >= 0.3 is 0 Å². The van der Waals surface area contributed by atoms with Gasteiger partial charge in [0.2, 0.25) is 5.95 Å². The van der Waals surface area contributed by atoms with Gasteiger partial charge in [-0.25, -0.2) is 9.97 Å². The molecule has 0 radical (unpaired) electrons. The molecule has 0 aliphatic heterocycles. The van der Waals surface area contributed by atoms with E-state index in [-0.39, 0.29) is 11.5 Å². The van der Waals surface area contributed by atoms with Gasteiger partial charge in [-0.3, -0.25) is 19.9 Å². The van der Waals surface area contributed by atoms with Gasteiger partial charge in [0, 0.05) is 37.7 Å². The number of imidazole rings is 1. The van der Waals surface area contributed by atoms with E-state index in [2.05, 4.69) is 25.3 Å². The van der Waals surface area contributed by atoms with Crippen molar-refractivity contribution >= 4 is 33.9 Å². The fourth-order valence-corrected chi connectivity index (χ4v) is 4.12. The Balaban J connectivity index is 1.47. The third kappa shape index (κ3) is 4.73. The highest BCUT2D eigenvalue weighted by molar-refractivity contribution is 6.04. The molecule has 182 valence electrons. The Labute approximate surface area is 207 Å². The summed E-state index contributed by atoms with van der Waals surface area (Å²) in [5, 5.41) is 2.96. The minimum absolute atomic E-state index is 0.235. The van der Waals surface area contributed by atoms with Crippen molar-refractivity contribution in [3.05, 3.63) is 82.5 Å². The number of aromatic amines is 1. The van der Waals surface area contributed by atoms with Crippen molar-refractivity contribution in [3.8, 4) is 11.1 Å². The van der Waals surface area contributed by atoms with Crippen molar-refractivity contribution in [1.82, 2.24) is 24.5 Å². The molecule has 2 aromatic carbocycles. The Morgan fingerprint density at radius 3 is 2.53 bits per heavy atom. The van der Waals surface area contributed by atoms with E-state index in [1.165, 1.54) is 0 Å². The summed E-state index contributed by atoms with van der Waals surface area (Å²) < 4.78 is 7.46. The van der Waals surface area contributed by atoms with Crippen LogP contribution in [0.25, 0.3) is 33.2 Å². The number of ether oxygens (including phenoxy) is 1. The summed E-state index contributed by atoms with van der Waals surface area (Å²) in [6.45, 7) is 5.47. The standard InChI is InChI=1S/C27H26N6O3/c1-3-36-14-4-13-33-24-16-22-21(30-25(34)17(2)29-22)15-23(24)31-27(33)32-26(35)20-7-5-18(6-8-20)19-9-11-28-12-10-19/h5-12,15-16H,3-4,13-14H2,1-2H3,(H,30,34)(H,31,32,35). The lowest BCUT2D eigenvalue weighted by molar-refractivity contribution is 0.102. The zero-order valence-electron chi connectivity index (χ0n) is 20.1. The Morgan fingerprint density at radius 2 is 1.78 bits per heavy atom. The lowest BCUT2D eigenvalue weighted by Crippen LogP contribution is -2.16. The highest BCUT2D eigenvalue weighted by Crippen LogP contribution is 2.25. The Kier molecular flexibility index (Phi) is 6.55. The molecule has 9 nitrogen and oxygen atoms in total. The van der Waals surface area contributed by atoms with Crippen LogP contribution in [-0.2, 0) is 11.3 Å². The number of nitrogens with one attached hydrogen (secondary N) is 2. The van der Waals surface area contributed by atoms with Crippen LogP contribution in [0.4, 0.5) is 5.95 Å². The number of H-pyrrole nitrogens is 1. The number of hydrogen-bond acceptors (Lipinski definition) is 6. The topological polar surface area (TPSA) is 115 Å². The van der Waals surface area contributed by atoms with Crippen LogP contribution in [0.5, 0.6) is 0 Å². The molecule has 0 unspecified atom stereocenters. The van der Waals surface area contributed by atoms with Crippen molar-refractivity contribution in [1.29, 1.82) is 0 Å². The number of nitrogens with zero attached hydrogens (tertiary/aromatic N) is 4. The number of fused-ring (bicyclic) bond motifs is 2. The number of aryl methyl sites for hydroxylation is 2. The van der Waals surface area contributed by atoms with Crippen molar-refractivity contribution < 1.29 is 9.53 Å². The second-order valence-corrected chi connectivity index (χ2v) is 8.41. The number of pyridine rings is 1. The first-order valence-electron chi connectivity index (χ1n) is 11.8. The highest BCUT2D eigenvalue weighted by atomic mass is 16.5. The lowest BCUT2D eigenvalue weighted by Gasteiger charge is -2.11. The zero-order valence-corrected chi connectivity index (χ0v) is 20.1. The molecule has 3 heterocycles. The molecule has 0 bridgehead atoms. The van der Waals surface area contributed by atoms with Crippen molar-refractivity contribution in [3.63, 3.8) is 0 Å². The number of amides is 1. The summed E-state index contributed by atoms with van der Waals surface area (Å²) in [7, 11) is 0. The monoisotopic (exact) mass is 482 g/mol. The first-order valence-corrected chi connectivity index (χ1v) is 11.8. The number of hydrogen-bond donors (Lipinski definition) is 2. The summed E-state index contributed by atoms with van der Waals surface area (Å²) in [4.78, 5) is 41.2. The fourth-order valence-electron chi connectivity index (χ4n) is 4.12. The molecule has 0 fully saturated rings. The average molecular weight is 483 g/mol. The first kappa shape index (κ1) is 23.4. The van der Waals surface area contributed by atoms with Gasteiger partial charge in [-0.15, -0.1) is 0 Å². The van der Waals surface area contributed by atoms with Crippen LogP contribution in [0.1, 0.15) is 29.4 Å². The Bertz CT molecular complexity index is 1590. The molecular formula is C27H26N6O3. The maximum Gasteiger partial charge on any atom is 0.269 e. The van der Waals surface area contributed by atoms with E-state index in [9.17, 15) is 9.59 Å². The van der Waals surface area contributed by atoms with Crippen LogP contribution >= 0.6 is 0 Å². The van der Waals surface area contributed by atoms with Gasteiger partial charge in [0.15, 0.2) is 0 Å². The molecule has 9 heteroatoms. The molecule has 0 spiro atoms. The molecule has 0 atom stereocenters. The van der Waals surface area contributed by atoms with Crippen molar-refractivity contribution in [2.45, 2.75) is 26.8 Å². The molecule has 36 heavy (non-hydrogen) atoms. The number of benzene rings is 2. The number of carbonyl (C=O) groups is 1. The van der Waals surface area contributed by atoms with Gasteiger partial charge in [0.05, 0.1) is 22.1 Å². The Hall–Kier alpha value is -4.37. The van der Waals surface area contributed by atoms with E-state index in [1.807, 2.05) is 41.8 Å². The summed E-state index contributed by atoms with van der Waals surface area (Å²) in [5.74, 6) is 0.170. The van der Waals surface area contributed by atoms with Crippen molar-refractivity contribution in [2.24, 2.45) is 0 Å². The minimum Gasteiger partial charge on any atom is -0.382 e. The van der Waals surface area contributed by atoms with Crippen molar-refractivity contribution in [2.75, 3.05) is 18.5 Å². The maximum absolute atomic E-state index is 13.1. The maximum atomic E-state index is 13.1. The molecule has 5 aromatic rings. The van der Waals surface area contributed by atoms with Crippen LogP contribution in [-0.4, -0.2) is 43.6 Å². The minimum atomic E-state index is -0.260. The second-order valence-electron chi connectivity index (χ2n) is 8.41. The van der Waals surface area contributed by atoms with E-state index < -0.39 is 0 Å². The molecule has 3 aromatic heterocycles. The lowest BCUT2D eigenvalue weighted by atomic mass is 10.1. The Morgan fingerprint density at radius 1 is 1.03 bits per heavy atom. The van der Waals surface area contributed by atoms with Gasteiger partial charge in [0.25, 0.3) is 11.5 Å². The second kappa shape index (κ2) is 10.1. The van der Waals surface area contributed by atoms with E-state index in [0.717, 1.165) is 23.1 Å². The summed E-state index contributed by atoms with van der Waals surface area (Å²) in [6.07, 6.45) is 4.22. The van der Waals surface area contributed by atoms with E-state index in [4.69, 9.17) is 4.74 Å². The predicted octanol–water partition coefficient (Wildman–Crippen LogP) is 4.32. The molecule has 0 aliphatic rings. The van der Waals surface area contributed by atoms with Crippen LogP contribution < -0.4 is 10.9 Å². The summed E-state index contributed by atoms with van der Waals surface area (Å²) >= 11 is 0. The summed E-state index contributed by atoms with van der Waals surface area (Å²) in [5.41, 5.74) is 5.45. The van der Waals surface area contributed by atoms with Gasteiger partial charge in [-0.1, -0.05) is 12.1 Å². The SMILES string of the molecule is CCOCCCn1c(NC(=O)c2ccc(-c3ccncc3)cc2)nc2cc3[nH]c(=O)c(C)nc3cc21. The predicted molar refractivity (Wildman–Crippen MR) is 139 cm³/mol. The molecule has 0 aliphatic carbocycles. The van der Waals surface area contributed by atoms with Gasteiger partial charge in [-0.2, -0.15) is 0 Å². The van der Waals surface area contributed by atoms with Gasteiger partial charge in [-0.05, 0) is 67.8 Å². The molecular weight excluding hydrogens is 456 g/mol. The average Bonchev–Trinajstić information content (AvgIpc) is 3.22. The van der Waals surface area contributed by atoms with Gasteiger partial charge in [0.1, 0.15) is 5.69 Å². The van der Waals surface area contributed by atoms with Crippen LogP contribution in [0, 0.1) is 6.92 Å². The van der Waals surface area contributed by atoms with Crippen LogP contribution in [0.2, 0.25) is 0 Å². The molecule has 2 N–H and O–H groups in total. The number of anilines is 1. The van der Waals surface area contributed by atoms with Crippen LogP contribution in [0.15, 0.2) is 65.7 Å². The third-order valence-corrected chi connectivity index (χ3v) is 5.99. The van der Waals surface area contributed by atoms with E-state index in [1.54, 1.807) is 37.5 Å². The van der Waals surface area contributed by atoms with Gasteiger partial charge < -0.3 is 14.3 Å². The quantitative estimate of drug-likeness (QED) is 0.318. The summed E-state index contributed by atoms with van der Waals surface area (Å²) in [6, 6.07) is 14.9. The molecule has 0 saturated heterocycles. The molecule has 5 rings (SSSR count). The van der Waals surface area contributed by atoms with E-state index >= 15 is 0 Å². The largest absolute Gasteiger partial charge is 0.382 e.